The van der Waals surface area contributed by atoms with E-state index in [1.165, 1.54) is 11.0 Å². The van der Waals surface area contributed by atoms with E-state index in [1.54, 1.807) is 56.4 Å². The van der Waals surface area contributed by atoms with Crippen molar-refractivity contribution in [2.45, 2.75) is 25.5 Å². The summed E-state index contributed by atoms with van der Waals surface area (Å²) in [6, 6.07) is 12.6. The quantitative estimate of drug-likeness (QED) is 0.892. The fourth-order valence-corrected chi connectivity index (χ4v) is 2.48. The average molecular weight is 336 g/mol. The summed E-state index contributed by atoms with van der Waals surface area (Å²) in [6.07, 6.45) is -0.994. The van der Waals surface area contributed by atoms with Gasteiger partial charge in [0.05, 0.1) is 18.6 Å². The molecule has 2 unspecified atom stereocenters. The number of benzene rings is 2. The van der Waals surface area contributed by atoms with Crippen LogP contribution >= 0.6 is 11.6 Å². The molecule has 0 bridgehead atoms. The lowest BCUT2D eigenvalue weighted by atomic mass is 10.0. The molecule has 2 rings (SSSR count). The van der Waals surface area contributed by atoms with Crippen LogP contribution in [0.3, 0.4) is 0 Å². The summed E-state index contributed by atoms with van der Waals surface area (Å²) in [4.78, 5) is 13.8. The predicted octanol–water partition coefficient (Wildman–Crippen LogP) is 4.12. The van der Waals surface area contributed by atoms with Crippen LogP contribution in [0.2, 0.25) is 5.02 Å². The Kier molecular flexibility index (Phi) is 5.74. The van der Waals surface area contributed by atoms with Crippen LogP contribution in [0, 0.1) is 5.82 Å². The Morgan fingerprint density at radius 2 is 1.83 bits per heavy atom. The zero-order chi connectivity index (χ0) is 17.0. The maximum atomic E-state index is 13.8. The normalized spacial score (nSPS) is 13.4. The van der Waals surface area contributed by atoms with Crippen molar-refractivity contribution in [1.29, 1.82) is 0 Å². The van der Waals surface area contributed by atoms with Crippen molar-refractivity contribution in [2.24, 2.45) is 0 Å². The van der Waals surface area contributed by atoms with E-state index in [2.05, 4.69) is 0 Å². The lowest BCUT2D eigenvalue weighted by Crippen LogP contribution is -2.31. The molecular weight excluding hydrogens is 317 g/mol. The summed E-state index contributed by atoms with van der Waals surface area (Å²) in [5, 5.41) is 10.7. The van der Waals surface area contributed by atoms with E-state index in [0.29, 0.717) is 16.1 Å². The van der Waals surface area contributed by atoms with Crippen molar-refractivity contribution in [3.63, 3.8) is 0 Å². The van der Waals surface area contributed by atoms with Gasteiger partial charge in [-0.25, -0.2) is 4.39 Å². The molecule has 0 saturated carbocycles. The summed E-state index contributed by atoms with van der Waals surface area (Å²) >= 11 is 5.80. The van der Waals surface area contributed by atoms with Gasteiger partial charge in [0.2, 0.25) is 5.91 Å². The highest BCUT2D eigenvalue weighted by atomic mass is 35.5. The summed E-state index contributed by atoms with van der Waals surface area (Å²) < 4.78 is 13.8. The third kappa shape index (κ3) is 4.30. The second-order valence-electron chi connectivity index (χ2n) is 5.47. The fraction of sp³-hybridized carbons (Fsp3) is 0.278. The highest BCUT2D eigenvalue weighted by Crippen LogP contribution is 2.25. The first-order valence-electron chi connectivity index (χ1n) is 7.33. The third-order valence-electron chi connectivity index (χ3n) is 3.95. The molecule has 1 amide bonds. The van der Waals surface area contributed by atoms with Crippen LogP contribution in [0.1, 0.15) is 36.6 Å². The third-order valence-corrected chi connectivity index (χ3v) is 4.20. The van der Waals surface area contributed by atoms with E-state index < -0.39 is 12.1 Å². The second-order valence-corrected chi connectivity index (χ2v) is 5.91. The first-order valence-corrected chi connectivity index (χ1v) is 7.71. The number of carbonyl (C=O) groups excluding carboxylic acids is 1. The summed E-state index contributed by atoms with van der Waals surface area (Å²) in [5.74, 6) is -0.610. The number of halogens is 2. The predicted molar refractivity (Wildman–Crippen MR) is 88.6 cm³/mol. The van der Waals surface area contributed by atoms with Gasteiger partial charge in [-0.3, -0.25) is 4.79 Å². The van der Waals surface area contributed by atoms with Gasteiger partial charge < -0.3 is 10.0 Å². The molecule has 1 N–H and O–H groups in total. The molecule has 2 atom stereocenters. The monoisotopic (exact) mass is 335 g/mol. The number of aliphatic hydroxyl groups excluding tert-OH is 1. The van der Waals surface area contributed by atoms with Gasteiger partial charge in [0.25, 0.3) is 0 Å². The van der Waals surface area contributed by atoms with Crippen LogP contribution < -0.4 is 0 Å². The molecule has 0 aliphatic carbocycles. The van der Waals surface area contributed by atoms with E-state index >= 15 is 0 Å². The molecule has 23 heavy (non-hydrogen) atoms. The second kappa shape index (κ2) is 7.57. The molecule has 5 heteroatoms. The molecule has 0 spiro atoms. The molecule has 2 aromatic carbocycles. The number of carbonyl (C=O) groups is 1. The number of hydrogen-bond acceptors (Lipinski definition) is 2. The SMILES string of the molecule is CC(c1ccccc1F)N(C)C(=O)CC(O)c1ccc(Cl)cc1. The maximum absolute atomic E-state index is 13.8. The number of amides is 1. The molecule has 0 aliphatic heterocycles. The molecule has 0 radical (unpaired) electrons. The van der Waals surface area contributed by atoms with Crippen LogP contribution in [0.25, 0.3) is 0 Å². The number of rotatable bonds is 5. The molecule has 3 nitrogen and oxygen atoms in total. The van der Waals surface area contributed by atoms with Crippen LogP contribution in [0.5, 0.6) is 0 Å². The smallest absolute Gasteiger partial charge is 0.225 e. The van der Waals surface area contributed by atoms with Crippen molar-refractivity contribution in [2.75, 3.05) is 7.05 Å². The molecule has 122 valence electrons. The molecule has 0 fully saturated rings. The van der Waals surface area contributed by atoms with Gasteiger partial charge in [0, 0.05) is 17.6 Å². The number of aliphatic hydroxyl groups is 1. The van der Waals surface area contributed by atoms with Gasteiger partial charge in [-0.2, -0.15) is 0 Å². The van der Waals surface area contributed by atoms with Crippen LogP contribution in [0.15, 0.2) is 48.5 Å². The molecule has 0 aromatic heterocycles. The highest BCUT2D eigenvalue weighted by molar-refractivity contribution is 6.30. The first-order chi connectivity index (χ1) is 10.9. The molecule has 0 saturated heterocycles. The summed E-state index contributed by atoms with van der Waals surface area (Å²) in [5.41, 5.74) is 1.07. The molecule has 2 aromatic rings. The minimum Gasteiger partial charge on any atom is -0.388 e. The van der Waals surface area contributed by atoms with E-state index in [9.17, 15) is 14.3 Å². The Balaban J connectivity index is 2.04. The molecule has 0 aliphatic rings. The number of hydrogen-bond donors (Lipinski definition) is 1. The zero-order valence-electron chi connectivity index (χ0n) is 13.0. The summed E-state index contributed by atoms with van der Waals surface area (Å²) in [6.45, 7) is 1.75. The lowest BCUT2D eigenvalue weighted by molar-refractivity contribution is -0.134. The lowest BCUT2D eigenvalue weighted by Gasteiger charge is -2.26. The van der Waals surface area contributed by atoms with Gasteiger partial charge in [0.1, 0.15) is 5.82 Å². The Labute approximate surface area is 140 Å². The van der Waals surface area contributed by atoms with Crippen molar-refractivity contribution < 1.29 is 14.3 Å². The Bertz CT molecular complexity index is 675. The fourth-order valence-electron chi connectivity index (χ4n) is 2.35. The topological polar surface area (TPSA) is 40.5 Å². The van der Waals surface area contributed by atoms with Crippen molar-refractivity contribution >= 4 is 17.5 Å². The van der Waals surface area contributed by atoms with E-state index in [4.69, 9.17) is 11.6 Å². The molecule has 0 heterocycles. The van der Waals surface area contributed by atoms with Gasteiger partial charge in [-0.15, -0.1) is 0 Å². The van der Waals surface area contributed by atoms with Gasteiger partial charge >= 0.3 is 0 Å². The minimum atomic E-state index is -0.921. The van der Waals surface area contributed by atoms with E-state index in [-0.39, 0.29) is 18.1 Å². The van der Waals surface area contributed by atoms with Crippen molar-refractivity contribution in [3.05, 3.63) is 70.5 Å². The van der Waals surface area contributed by atoms with Crippen LogP contribution in [-0.2, 0) is 4.79 Å². The van der Waals surface area contributed by atoms with Gasteiger partial charge in [0.15, 0.2) is 0 Å². The highest BCUT2D eigenvalue weighted by Gasteiger charge is 2.22. The standard InChI is InChI=1S/C18H19ClFNO2/c1-12(15-5-3-4-6-16(15)20)21(2)18(23)11-17(22)13-7-9-14(19)10-8-13/h3-10,12,17,22H,11H2,1-2H3. The van der Waals surface area contributed by atoms with Gasteiger partial charge in [-0.1, -0.05) is 41.9 Å². The maximum Gasteiger partial charge on any atom is 0.225 e. The largest absolute Gasteiger partial charge is 0.388 e. The minimum absolute atomic E-state index is 0.0725. The van der Waals surface area contributed by atoms with Crippen LogP contribution in [-0.4, -0.2) is 23.0 Å². The van der Waals surface area contributed by atoms with Gasteiger partial charge in [-0.05, 0) is 30.7 Å². The number of nitrogens with zero attached hydrogens (tertiary/aromatic N) is 1. The average Bonchev–Trinajstić information content (AvgIpc) is 2.54. The Morgan fingerprint density at radius 1 is 1.22 bits per heavy atom. The Hall–Kier alpha value is -1.91. The zero-order valence-corrected chi connectivity index (χ0v) is 13.8. The van der Waals surface area contributed by atoms with Crippen LogP contribution in [0.4, 0.5) is 4.39 Å². The van der Waals surface area contributed by atoms with E-state index in [0.717, 1.165) is 0 Å². The van der Waals surface area contributed by atoms with E-state index in [1.807, 2.05) is 0 Å². The Morgan fingerprint density at radius 3 is 2.43 bits per heavy atom. The summed E-state index contributed by atoms with van der Waals surface area (Å²) in [7, 11) is 1.61. The first kappa shape index (κ1) is 17.4. The van der Waals surface area contributed by atoms with Crippen molar-refractivity contribution in [3.8, 4) is 0 Å². The van der Waals surface area contributed by atoms with Crippen molar-refractivity contribution in [1.82, 2.24) is 4.90 Å². The molecular formula is C18H19ClFNO2.